The molecule has 0 aromatic heterocycles. The van der Waals surface area contributed by atoms with Crippen molar-refractivity contribution in [2.24, 2.45) is 11.3 Å². The van der Waals surface area contributed by atoms with Crippen LogP contribution >= 0.6 is 0 Å². The van der Waals surface area contributed by atoms with E-state index in [1.165, 1.54) is 24.3 Å². The van der Waals surface area contributed by atoms with E-state index in [-0.39, 0.29) is 38.2 Å². The molecule has 1 N–H and O–H groups in total. The first-order chi connectivity index (χ1) is 9.28. The third-order valence-corrected chi connectivity index (χ3v) is 3.59. The molecule has 1 heterocycles. The minimum atomic E-state index is -0.880. The second-order valence-corrected chi connectivity index (χ2v) is 6.10. The van der Waals surface area contributed by atoms with Crippen molar-refractivity contribution in [1.82, 2.24) is 4.90 Å². The fraction of sp³-hybridized carbons (Fsp3) is 0.467. The van der Waals surface area contributed by atoms with Gasteiger partial charge in [-0.2, -0.15) is 0 Å². The number of rotatable bonds is 2. The van der Waals surface area contributed by atoms with Gasteiger partial charge in [0.2, 0.25) is 0 Å². The second kappa shape index (κ2) is 6.63. The molecule has 1 aliphatic heterocycles. The van der Waals surface area contributed by atoms with E-state index in [1.54, 1.807) is 4.90 Å². The van der Waals surface area contributed by atoms with Gasteiger partial charge in [-0.3, -0.25) is 9.59 Å². The molecule has 1 atom stereocenters. The van der Waals surface area contributed by atoms with E-state index in [4.69, 9.17) is 0 Å². The molecular formula is C15H19FLiNO3. The molecule has 0 radical (unpaired) electrons. The zero-order valence-electron chi connectivity index (χ0n) is 13.6. The van der Waals surface area contributed by atoms with Crippen LogP contribution in [0.5, 0.6) is 0 Å². The zero-order chi connectivity index (χ0) is 14.9. The number of benzene rings is 1. The average molecular weight is 287 g/mol. The Morgan fingerprint density at radius 2 is 1.90 bits per heavy atom. The van der Waals surface area contributed by atoms with Crippen molar-refractivity contribution < 1.29 is 39.4 Å². The number of aliphatic carboxylic acids is 1. The number of amides is 1. The predicted molar refractivity (Wildman–Crippen MR) is 72.9 cm³/mol. The first kappa shape index (κ1) is 17.7. The minimum Gasteiger partial charge on any atom is -1.00 e. The predicted octanol–water partition coefficient (Wildman–Crippen LogP) is -0.485. The number of halogens is 1. The van der Waals surface area contributed by atoms with Crippen LogP contribution in [0.15, 0.2) is 24.3 Å². The Bertz CT molecular complexity index is 536. The third-order valence-electron chi connectivity index (χ3n) is 3.59. The maximum absolute atomic E-state index is 12.9. The average Bonchev–Trinajstić information content (AvgIpc) is 2.37. The molecule has 0 spiro atoms. The van der Waals surface area contributed by atoms with Gasteiger partial charge in [-0.25, -0.2) is 4.39 Å². The first-order valence-corrected chi connectivity index (χ1v) is 6.56. The van der Waals surface area contributed by atoms with Crippen molar-refractivity contribution in [1.29, 1.82) is 0 Å². The Hall–Kier alpha value is -1.31. The maximum atomic E-state index is 12.9. The SMILES string of the molecule is CC1(C)CC(C(=O)O)CN(C(=O)c2ccc(F)cc2)C1.[H-].[Li+]. The third kappa shape index (κ3) is 4.32. The van der Waals surface area contributed by atoms with E-state index in [1.807, 2.05) is 13.8 Å². The van der Waals surface area contributed by atoms with Crippen LogP contribution in [0.25, 0.3) is 0 Å². The molecule has 0 aliphatic carbocycles. The summed E-state index contributed by atoms with van der Waals surface area (Å²) in [7, 11) is 0. The summed E-state index contributed by atoms with van der Waals surface area (Å²) >= 11 is 0. The molecule has 1 unspecified atom stereocenters. The van der Waals surface area contributed by atoms with E-state index in [2.05, 4.69) is 0 Å². The molecule has 0 saturated carbocycles. The summed E-state index contributed by atoms with van der Waals surface area (Å²) in [6.07, 6.45) is 0.551. The topological polar surface area (TPSA) is 57.6 Å². The fourth-order valence-electron chi connectivity index (χ4n) is 2.74. The summed E-state index contributed by atoms with van der Waals surface area (Å²) in [5.74, 6) is -2.08. The summed E-state index contributed by atoms with van der Waals surface area (Å²) in [5, 5.41) is 9.19. The molecule has 6 heteroatoms. The molecular weight excluding hydrogens is 268 g/mol. The number of likely N-dealkylation sites (tertiary alicyclic amines) is 1. The molecule has 1 aromatic rings. The Morgan fingerprint density at radius 1 is 1.33 bits per heavy atom. The van der Waals surface area contributed by atoms with Gasteiger partial charge in [0.05, 0.1) is 5.92 Å². The van der Waals surface area contributed by atoms with E-state index in [0.717, 1.165) is 0 Å². The van der Waals surface area contributed by atoms with Gasteiger partial charge < -0.3 is 11.4 Å². The molecule has 1 aliphatic rings. The Balaban J connectivity index is 0.00000220. The summed E-state index contributed by atoms with van der Waals surface area (Å²) in [5.41, 5.74) is 0.144. The number of nitrogens with zero attached hydrogens (tertiary/aromatic N) is 1. The van der Waals surface area contributed by atoms with E-state index < -0.39 is 17.7 Å². The van der Waals surface area contributed by atoms with Crippen molar-refractivity contribution in [2.45, 2.75) is 20.3 Å². The number of piperidine rings is 1. The molecule has 2 rings (SSSR count). The molecule has 4 nitrogen and oxygen atoms in total. The number of carbonyl (C=O) groups excluding carboxylic acids is 1. The number of hydrogen-bond acceptors (Lipinski definition) is 2. The fourth-order valence-corrected chi connectivity index (χ4v) is 2.74. The van der Waals surface area contributed by atoms with Gasteiger partial charge >= 0.3 is 24.8 Å². The summed E-state index contributed by atoms with van der Waals surface area (Å²) in [6.45, 7) is 4.61. The van der Waals surface area contributed by atoms with Crippen molar-refractivity contribution in [2.75, 3.05) is 13.1 Å². The smallest absolute Gasteiger partial charge is 1.00 e. The number of carboxylic acids is 1. The van der Waals surface area contributed by atoms with E-state index >= 15 is 0 Å². The van der Waals surface area contributed by atoms with Gasteiger partial charge in [0.1, 0.15) is 5.82 Å². The van der Waals surface area contributed by atoms with Crippen LogP contribution in [0.3, 0.4) is 0 Å². The number of carboxylic acid groups (broad SMARTS) is 1. The Kier molecular flexibility index (Phi) is 5.60. The van der Waals surface area contributed by atoms with Gasteiger partial charge in [0.25, 0.3) is 5.91 Å². The van der Waals surface area contributed by atoms with Crippen LogP contribution in [-0.4, -0.2) is 35.0 Å². The van der Waals surface area contributed by atoms with Gasteiger partial charge in [-0.15, -0.1) is 0 Å². The van der Waals surface area contributed by atoms with Gasteiger partial charge in [-0.1, -0.05) is 13.8 Å². The van der Waals surface area contributed by atoms with Crippen LogP contribution in [0.1, 0.15) is 32.1 Å². The maximum Gasteiger partial charge on any atom is 1.00 e. The van der Waals surface area contributed by atoms with Crippen molar-refractivity contribution >= 4 is 11.9 Å². The summed E-state index contributed by atoms with van der Waals surface area (Å²) < 4.78 is 12.9. The Morgan fingerprint density at radius 3 is 2.43 bits per heavy atom. The van der Waals surface area contributed by atoms with Crippen LogP contribution < -0.4 is 18.9 Å². The molecule has 1 aromatic carbocycles. The Labute approximate surface area is 137 Å². The molecule has 1 amide bonds. The molecule has 1 fully saturated rings. The minimum absolute atomic E-state index is 0. The first-order valence-electron chi connectivity index (χ1n) is 6.56. The molecule has 21 heavy (non-hydrogen) atoms. The largest absolute Gasteiger partial charge is 1.00 e. The quantitative estimate of drug-likeness (QED) is 0.747. The van der Waals surface area contributed by atoms with Crippen LogP contribution in [-0.2, 0) is 4.79 Å². The second-order valence-electron chi connectivity index (χ2n) is 6.10. The van der Waals surface area contributed by atoms with Gasteiger partial charge in [-0.05, 0) is 36.1 Å². The molecule has 0 bridgehead atoms. The normalized spacial score (nSPS) is 20.5. The van der Waals surface area contributed by atoms with Crippen molar-refractivity contribution in [3.05, 3.63) is 35.6 Å². The van der Waals surface area contributed by atoms with Crippen LogP contribution in [0.2, 0.25) is 0 Å². The van der Waals surface area contributed by atoms with Gasteiger partial charge in [0, 0.05) is 18.7 Å². The van der Waals surface area contributed by atoms with Crippen molar-refractivity contribution in [3.8, 4) is 0 Å². The van der Waals surface area contributed by atoms with Gasteiger partial charge in [0.15, 0.2) is 0 Å². The zero-order valence-corrected chi connectivity index (χ0v) is 12.6. The monoisotopic (exact) mass is 287 g/mol. The number of hydrogen-bond donors (Lipinski definition) is 1. The standard InChI is InChI=1S/C15H18FNO3.Li.H/c1-15(2)7-11(14(19)20)8-17(9-15)13(18)10-3-5-12(16)6-4-10;;/h3-6,11H,7-9H2,1-2H3,(H,19,20);;/q;+1;-1. The molecule has 1 saturated heterocycles. The number of carbonyl (C=O) groups is 2. The summed E-state index contributed by atoms with van der Waals surface area (Å²) in [6, 6.07) is 5.32. The molecule has 110 valence electrons. The van der Waals surface area contributed by atoms with Crippen LogP contribution in [0.4, 0.5) is 4.39 Å². The van der Waals surface area contributed by atoms with Crippen molar-refractivity contribution in [3.63, 3.8) is 0 Å². The van der Waals surface area contributed by atoms with Crippen LogP contribution in [0, 0.1) is 17.2 Å². The van der Waals surface area contributed by atoms with E-state index in [9.17, 15) is 19.1 Å². The van der Waals surface area contributed by atoms with E-state index in [0.29, 0.717) is 18.5 Å². The summed E-state index contributed by atoms with van der Waals surface area (Å²) in [4.78, 5) is 25.1.